The average Bonchev–Trinajstić information content (AvgIpc) is 2.72. The summed E-state index contributed by atoms with van der Waals surface area (Å²) in [7, 11) is -0.406. The van der Waals surface area contributed by atoms with E-state index in [-0.39, 0.29) is 4.90 Å². The number of hydrogen-bond donors (Lipinski definition) is 3. The minimum absolute atomic E-state index is 0.259. The van der Waals surface area contributed by atoms with Gasteiger partial charge < -0.3 is 15.7 Å². The maximum atomic E-state index is 12.1. The highest BCUT2D eigenvalue weighted by Gasteiger charge is 2.16. The van der Waals surface area contributed by atoms with Gasteiger partial charge in [-0.25, -0.2) is 17.7 Å². The molecule has 0 heterocycles. The zero-order chi connectivity index (χ0) is 21.3. The molecule has 2 aromatic rings. The van der Waals surface area contributed by atoms with Crippen molar-refractivity contribution < 1.29 is 13.5 Å². The molecule has 7 nitrogen and oxygen atoms in total. The van der Waals surface area contributed by atoms with Crippen LogP contribution in [0.3, 0.4) is 0 Å². The van der Waals surface area contributed by atoms with Crippen LogP contribution in [0.5, 0.6) is 0 Å². The van der Waals surface area contributed by atoms with Gasteiger partial charge in [-0.05, 0) is 36.6 Å². The summed E-state index contributed by atoms with van der Waals surface area (Å²) in [6, 6.07) is 16.3. The van der Waals surface area contributed by atoms with Gasteiger partial charge in [-0.15, -0.1) is 0 Å². The van der Waals surface area contributed by atoms with Gasteiger partial charge in [-0.1, -0.05) is 42.5 Å². The van der Waals surface area contributed by atoms with Crippen molar-refractivity contribution in [1.82, 2.24) is 14.9 Å². The maximum absolute atomic E-state index is 12.1. The van der Waals surface area contributed by atoms with Gasteiger partial charge in [-0.2, -0.15) is 0 Å². The SMILES string of the molecule is CCNC(=NCc1ccc(S(=O)(=O)N(C)C)cc1)NCCC(O)c1ccccc1. The molecule has 0 spiro atoms. The highest BCUT2D eigenvalue weighted by atomic mass is 32.2. The standard InChI is InChI=1S/C21H30N4O3S/c1-4-22-21(23-15-14-20(26)18-8-6-5-7-9-18)24-16-17-10-12-19(13-11-17)29(27,28)25(2)3/h5-13,20,26H,4,14-16H2,1-3H3,(H2,22,23,24). The van der Waals surface area contributed by atoms with Crippen molar-refractivity contribution in [3.8, 4) is 0 Å². The maximum Gasteiger partial charge on any atom is 0.242 e. The number of aliphatic hydroxyl groups is 1. The first-order valence-electron chi connectivity index (χ1n) is 9.61. The van der Waals surface area contributed by atoms with Gasteiger partial charge in [0.2, 0.25) is 10.0 Å². The molecule has 0 aliphatic heterocycles. The lowest BCUT2D eigenvalue weighted by Gasteiger charge is -2.14. The number of aliphatic imine (C=N–C) groups is 1. The predicted octanol–water partition coefficient (Wildman–Crippen LogP) is 2.12. The molecule has 0 saturated heterocycles. The van der Waals surface area contributed by atoms with Crippen LogP contribution in [0, 0.1) is 0 Å². The molecule has 2 rings (SSSR count). The van der Waals surface area contributed by atoms with Crippen molar-refractivity contribution >= 4 is 16.0 Å². The summed E-state index contributed by atoms with van der Waals surface area (Å²) in [6.07, 6.45) is 0.0312. The highest BCUT2D eigenvalue weighted by molar-refractivity contribution is 7.89. The third-order valence-corrected chi connectivity index (χ3v) is 6.19. The lowest BCUT2D eigenvalue weighted by atomic mass is 10.1. The molecule has 1 unspecified atom stereocenters. The van der Waals surface area contributed by atoms with Gasteiger partial charge in [0.15, 0.2) is 5.96 Å². The van der Waals surface area contributed by atoms with E-state index in [9.17, 15) is 13.5 Å². The average molecular weight is 419 g/mol. The summed E-state index contributed by atoms with van der Waals surface area (Å²) in [5, 5.41) is 16.6. The third-order valence-electron chi connectivity index (χ3n) is 4.36. The number of nitrogens with one attached hydrogen (secondary N) is 2. The first kappa shape index (κ1) is 22.9. The van der Waals surface area contributed by atoms with Crippen molar-refractivity contribution in [2.24, 2.45) is 4.99 Å². The molecule has 3 N–H and O–H groups in total. The fourth-order valence-electron chi connectivity index (χ4n) is 2.66. The van der Waals surface area contributed by atoms with Gasteiger partial charge in [0.25, 0.3) is 0 Å². The molecule has 0 bridgehead atoms. The molecule has 0 radical (unpaired) electrons. The van der Waals surface area contributed by atoms with E-state index in [4.69, 9.17) is 0 Å². The topological polar surface area (TPSA) is 94.0 Å². The van der Waals surface area contributed by atoms with Crippen LogP contribution in [0.15, 0.2) is 64.5 Å². The van der Waals surface area contributed by atoms with E-state index in [0.717, 1.165) is 11.1 Å². The third kappa shape index (κ3) is 6.85. The Morgan fingerprint density at radius 2 is 1.72 bits per heavy atom. The predicted molar refractivity (Wildman–Crippen MR) is 116 cm³/mol. The van der Waals surface area contributed by atoms with Crippen LogP contribution in [-0.4, -0.2) is 51.0 Å². The van der Waals surface area contributed by atoms with Crippen LogP contribution in [-0.2, 0) is 16.6 Å². The van der Waals surface area contributed by atoms with Crippen LogP contribution >= 0.6 is 0 Å². The second kappa shape index (κ2) is 10.9. The number of rotatable bonds is 9. The second-order valence-corrected chi connectivity index (χ2v) is 8.92. The first-order chi connectivity index (χ1) is 13.8. The Kier molecular flexibility index (Phi) is 8.63. The van der Waals surface area contributed by atoms with E-state index < -0.39 is 16.1 Å². The molecule has 29 heavy (non-hydrogen) atoms. The van der Waals surface area contributed by atoms with E-state index in [1.165, 1.54) is 18.4 Å². The fourth-order valence-corrected chi connectivity index (χ4v) is 3.56. The van der Waals surface area contributed by atoms with Crippen LogP contribution < -0.4 is 10.6 Å². The van der Waals surface area contributed by atoms with Gasteiger partial charge >= 0.3 is 0 Å². The smallest absolute Gasteiger partial charge is 0.242 e. The molecule has 0 aliphatic rings. The van der Waals surface area contributed by atoms with Crippen molar-refractivity contribution in [2.45, 2.75) is 30.9 Å². The Hall–Kier alpha value is -2.42. The minimum atomic E-state index is -3.43. The van der Waals surface area contributed by atoms with Gasteiger partial charge in [-0.3, -0.25) is 0 Å². The van der Waals surface area contributed by atoms with E-state index in [1.54, 1.807) is 24.3 Å². The molecule has 0 saturated carbocycles. The zero-order valence-corrected chi connectivity index (χ0v) is 18.0. The Balaban J connectivity index is 1.93. The molecule has 0 aromatic heterocycles. The lowest BCUT2D eigenvalue weighted by Crippen LogP contribution is -2.38. The second-order valence-electron chi connectivity index (χ2n) is 6.77. The quantitative estimate of drug-likeness (QED) is 0.428. The zero-order valence-electron chi connectivity index (χ0n) is 17.2. The molecule has 0 fully saturated rings. The van der Waals surface area contributed by atoms with Crippen LogP contribution in [0.25, 0.3) is 0 Å². The number of hydrogen-bond acceptors (Lipinski definition) is 4. The number of guanidine groups is 1. The van der Waals surface area contributed by atoms with Crippen LogP contribution in [0.2, 0.25) is 0 Å². The fraction of sp³-hybridized carbons (Fsp3) is 0.381. The van der Waals surface area contributed by atoms with Gasteiger partial charge in [0, 0.05) is 27.2 Å². The molecule has 2 aromatic carbocycles. The summed E-state index contributed by atoms with van der Waals surface area (Å²) in [6.45, 7) is 3.69. The summed E-state index contributed by atoms with van der Waals surface area (Å²) >= 11 is 0. The molecule has 1 atom stereocenters. The number of sulfonamides is 1. The summed E-state index contributed by atoms with van der Waals surface area (Å²) in [5.41, 5.74) is 1.80. The Bertz CT molecular complexity index is 882. The summed E-state index contributed by atoms with van der Waals surface area (Å²) in [5.74, 6) is 0.651. The Labute approximate surface area is 173 Å². The summed E-state index contributed by atoms with van der Waals surface area (Å²) in [4.78, 5) is 4.79. The van der Waals surface area contributed by atoms with Crippen molar-refractivity contribution in [1.29, 1.82) is 0 Å². The molecule has 0 aliphatic carbocycles. The van der Waals surface area contributed by atoms with E-state index in [0.29, 0.717) is 32.0 Å². The largest absolute Gasteiger partial charge is 0.388 e. The molecule has 158 valence electrons. The van der Waals surface area contributed by atoms with Crippen molar-refractivity contribution in [3.05, 3.63) is 65.7 Å². The van der Waals surface area contributed by atoms with Crippen molar-refractivity contribution in [2.75, 3.05) is 27.2 Å². The lowest BCUT2D eigenvalue weighted by molar-refractivity contribution is 0.168. The van der Waals surface area contributed by atoms with Gasteiger partial charge in [0.05, 0.1) is 17.5 Å². The molecule has 8 heteroatoms. The van der Waals surface area contributed by atoms with E-state index >= 15 is 0 Å². The molecule has 0 amide bonds. The number of benzene rings is 2. The van der Waals surface area contributed by atoms with Gasteiger partial charge in [0.1, 0.15) is 0 Å². The monoisotopic (exact) mass is 418 g/mol. The molecular formula is C21H30N4O3S. The number of nitrogens with zero attached hydrogens (tertiary/aromatic N) is 2. The van der Waals surface area contributed by atoms with E-state index in [2.05, 4.69) is 15.6 Å². The Morgan fingerprint density at radius 3 is 2.31 bits per heavy atom. The Morgan fingerprint density at radius 1 is 1.07 bits per heavy atom. The normalized spacial score (nSPS) is 13.3. The minimum Gasteiger partial charge on any atom is -0.388 e. The first-order valence-corrected chi connectivity index (χ1v) is 11.0. The highest BCUT2D eigenvalue weighted by Crippen LogP contribution is 2.15. The van der Waals surface area contributed by atoms with Crippen LogP contribution in [0.1, 0.15) is 30.6 Å². The number of aliphatic hydroxyl groups excluding tert-OH is 1. The molecular weight excluding hydrogens is 388 g/mol. The summed E-state index contributed by atoms with van der Waals surface area (Å²) < 4.78 is 25.4. The van der Waals surface area contributed by atoms with Crippen LogP contribution in [0.4, 0.5) is 0 Å². The van der Waals surface area contributed by atoms with Crippen molar-refractivity contribution in [3.63, 3.8) is 0 Å². The van der Waals surface area contributed by atoms with E-state index in [1.807, 2.05) is 37.3 Å².